The number of ether oxygens (including phenoxy) is 1. The van der Waals surface area contributed by atoms with Gasteiger partial charge in [-0.25, -0.2) is 4.79 Å². The van der Waals surface area contributed by atoms with E-state index < -0.39 is 0 Å². The van der Waals surface area contributed by atoms with Crippen molar-refractivity contribution in [1.82, 2.24) is 10.2 Å². The van der Waals surface area contributed by atoms with Crippen LogP contribution in [0.25, 0.3) is 0 Å². The number of carbonyl (C=O) groups excluding carboxylic acids is 1. The minimum Gasteiger partial charge on any atom is -0.492 e. The summed E-state index contributed by atoms with van der Waals surface area (Å²) >= 11 is 8.33. The fourth-order valence-electron chi connectivity index (χ4n) is 5.14. The van der Waals surface area contributed by atoms with Crippen LogP contribution in [0.4, 0.5) is 10.5 Å². The van der Waals surface area contributed by atoms with Crippen molar-refractivity contribution in [2.45, 2.75) is 104 Å². The SMILES string of the molecule is Br.CCCCCCCCCCCCCCOc1cc(CN(C(=O)NC)c2cccc(CN3C=C(C)SC3)c2)ccc1Cl. The van der Waals surface area contributed by atoms with Crippen LogP contribution in [0.5, 0.6) is 5.75 Å². The van der Waals surface area contributed by atoms with Crippen LogP contribution in [0.15, 0.2) is 53.6 Å². The van der Waals surface area contributed by atoms with Gasteiger partial charge in [-0.15, -0.1) is 28.7 Å². The van der Waals surface area contributed by atoms with Gasteiger partial charge in [0, 0.05) is 25.5 Å². The highest BCUT2D eigenvalue weighted by molar-refractivity contribution is 8.93. The van der Waals surface area contributed by atoms with Crippen LogP contribution < -0.4 is 15.0 Å². The first-order valence-corrected chi connectivity index (χ1v) is 16.9. The molecule has 0 atom stereocenters. The van der Waals surface area contributed by atoms with Gasteiger partial charge in [0.2, 0.25) is 0 Å². The van der Waals surface area contributed by atoms with Gasteiger partial charge < -0.3 is 15.0 Å². The molecule has 0 saturated carbocycles. The molecule has 0 saturated heterocycles. The zero-order valence-electron chi connectivity index (χ0n) is 25.8. The first-order valence-electron chi connectivity index (χ1n) is 15.5. The number of nitrogens with one attached hydrogen (secondary N) is 1. The normalized spacial score (nSPS) is 12.6. The van der Waals surface area contributed by atoms with Crippen molar-refractivity contribution in [3.63, 3.8) is 0 Å². The second-order valence-corrected chi connectivity index (χ2v) is 12.7. The molecule has 0 spiro atoms. The number of urea groups is 1. The van der Waals surface area contributed by atoms with Gasteiger partial charge in [0.1, 0.15) is 5.75 Å². The summed E-state index contributed by atoms with van der Waals surface area (Å²) in [5, 5.41) is 3.40. The fraction of sp³-hybridized carbons (Fsp3) is 0.559. The van der Waals surface area contributed by atoms with Gasteiger partial charge in [-0.1, -0.05) is 107 Å². The molecule has 2 aromatic rings. The van der Waals surface area contributed by atoms with Gasteiger partial charge in [0.05, 0.1) is 24.1 Å². The first kappa shape index (κ1) is 36.4. The third-order valence-electron chi connectivity index (χ3n) is 7.48. The van der Waals surface area contributed by atoms with E-state index in [1.807, 2.05) is 42.1 Å². The Morgan fingerprint density at radius 1 is 0.952 bits per heavy atom. The Balaban J connectivity index is 0.00000616. The fourth-order valence-corrected chi connectivity index (χ4v) is 6.08. The quantitative estimate of drug-likeness (QED) is 0.150. The molecule has 2 aromatic carbocycles. The Bertz CT molecular complexity index is 1100. The van der Waals surface area contributed by atoms with Gasteiger partial charge in [-0.3, -0.25) is 4.90 Å². The second kappa shape index (κ2) is 21.0. The lowest BCUT2D eigenvalue weighted by molar-refractivity contribution is 0.248. The van der Waals surface area contributed by atoms with E-state index in [4.69, 9.17) is 16.3 Å². The molecule has 0 fully saturated rings. The number of nitrogens with zero attached hydrogens (tertiary/aromatic N) is 2. The van der Waals surface area contributed by atoms with Crippen LogP contribution in [-0.2, 0) is 13.1 Å². The largest absolute Gasteiger partial charge is 0.492 e. The zero-order valence-corrected chi connectivity index (χ0v) is 29.1. The molecule has 1 aliphatic heterocycles. The monoisotopic (exact) mass is 679 g/mol. The van der Waals surface area contributed by atoms with Gasteiger partial charge in [-0.05, 0) is 53.6 Å². The van der Waals surface area contributed by atoms with Crippen LogP contribution >= 0.6 is 40.3 Å². The predicted octanol–water partition coefficient (Wildman–Crippen LogP) is 10.7. The second-order valence-electron chi connectivity index (χ2n) is 11.1. The van der Waals surface area contributed by atoms with Crippen LogP contribution in [0.3, 0.4) is 0 Å². The van der Waals surface area contributed by atoms with Crippen molar-refractivity contribution in [1.29, 1.82) is 0 Å². The van der Waals surface area contributed by atoms with E-state index in [2.05, 4.69) is 42.4 Å². The highest BCUT2D eigenvalue weighted by Gasteiger charge is 2.17. The minimum atomic E-state index is -0.150. The van der Waals surface area contributed by atoms with E-state index >= 15 is 0 Å². The summed E-state index contributed by atoms with van der Waals surface area (Å²) in [6.07, 6.45) is 18.0. The van der Waals surface area contributed by atoms with E-state index in [1.54, 1.807) is 11.9 Å². The summed E-state index contributed by atoms with van der Waals surface area (Å²) < 4.78 is 6.08. The van der Waals surface area contributed by atoms with Crippen LogP contribution in [0.2, 0.25) is 5.02 Å². The Morgan fingerprint density at radius 2 is 1.62 bits per heavy atom. The molecule has 1 N–H and O–H groups in total. The molecule has 2 amide bonds. The Kier molecular flexibility index (Phi) is 18.2. The summed E-state index contributed by atoms with van der Waals surface area (Å²) in [5.41, 5.74) is 3.01. The molecule has 42 heavy (non-hydrogen) atoms. The highest BCUT2D eigenvalue weighted by atomic mass is 79.9. The molecule has 0 aromatic heterocycles. The number of amides is 2. The molecule has 8 heteroatoms. The lowest BCUT2D eigenvalue weighted by atomic mass is 10.1. The van der Waals surface area contributed by atoms with Gasteiger partial charge in [-0.2, -0.15) is 0 Å². The molecule has 1 heterocycles. The molecular weight excluding hydrogens is 630 g/mol. The number of thioether (sulfide) groups is 1. The van der Waals surface area contributed by atoms with E-state index in [-0.39, 0.29) is 23.0 Å². The first-order chi connectivity index (χ1) is 20.0. The summed E-state index contributed by atoms with van der Waals surface area (Å²) in [6, 6.07) is 13.9. The van der Waals surface area contributed by atoms with Crippen LogP contribution in [0.1, 0.15) is 102 Å². The number of halogens is 2. The maximum atomic E-state index is 12.9. The summed E-state index contributed by atoms with van der Waals surface area (Å²) in [7, 11) is 1.67. The topological polar surface area (TPSA) is 44.8 Å². The van der Waals surface area contributed by atoms with Gasteiger partial charge >= 0.3 is 6.03 Å². The Hall–Kier alpha value is -1.83. The summed E-state index contributed by atoms with van der Waals surface area (Å²) in [6.45, 7) is 6.31. The van der Waals surface area contributed by atoms with Crippen LogP contribution in [0, 0.1) is 0 Å². The molecule has 1 aliphatic rings. The highest BCUT2D eigenvalue weighted by Crippen LogP contribution is 2.29. The number of unbranched alkanes of at least 4 members (excludes halogenated alkanes) is 11. The zero-order chi connectivity index (χ0) is 29.3. The number of benzene rings is 2. The number of anilines is 1. The molecule has 5 nitrogen and oxygen atoms in total. The average Bonchev–Trinajstić information content (AvgIpc) is 3.39. The predicted molar refractivity (Wildman–Crippen MR) is 187 cm³/mol. The smallest absolute Gasteiger partial charge is 0.321 e. The molecular formula is C34H51BrClN3O2S. The van der Waals surface area contributed by atoms with Gasteiger partial charge in [0.25, 0.3) is 0 Å². The van der Waals surface area contributed by atoms with Gasteiger partial charge in [0.15, 0.2) is 0 Å². The Morgan fingerprint density at radius 3 is 2.24 bits per heavy atom. The van der Waals surface area contributed by atoms with Crippen molar-refractivity contribution >= 4 is 52.1 Å². The molecule has 0 bridgehead atoms. The van der Waals surface area contributed by atoms with Crippen molar-refractivity contribution in [2.24, 2.45) is 0 Å². The van der Waals surface area contributed by atoms with Crippen molar-refractivity contribution in [3.8, 4) is 5.75 Å². The Labute approximate surface area is 274 Å². The third-order valence-corrected chi connectivity index (χ3v) is 8.81. The van der Waals surface area contributed by atoms with E-state index in [0.29, 0.717) is 23.9 Å². The summed E-state index contributed by atoms with van der Waals surface area (Å²) in [4.78, 5) is 18.3. The molecule has 0 radical (unpaired) electrons. The number of carbonyl (C=O) groups is 1. The maximum Gasteiger partial charge on any atom is 0.321 e. The third kappa shape index (κ3) is 13.2. The number of allylic oxidation sites excluding steroid dienone is 1. The van der Waals surface area contributed by atoms with E-state index in [1.165, 1.54) is 81.1 Å². The lowest BCUT2D eigenvalue weighted by Gasteiger charge is -2.24. The molecule has 0 aliphatic carbocycles. The maximum absolute atomic E-state index is 12.9. The van der Waals surface area contributed by atoms with E-state index in [0.717, 1.165) is 30.1 Å². The van der Waals surface area contributed by atoms with Crippen LogP contribution in [-0.4, -0.2) is 30.5 Å². The lowest BCUT2D eigenvalue weighted by Crippen LogP contribution is -2.37. The number of hydrogen-bond donors (Lipinski definition) is 1. The number of hydrogen-bond acceptors (Lipinski definition) is 4. The van der Waals surface area contributed by atoms with Crippen molar-refractivity contribution < 1.29 is 9.53 Å². The number of rotatable bonds is 19. The molecule has 234 valence electrons. The average molecular weight is 681 g/mol. The van der Waals surface area contributed by atoms with E-state index in [9.17, 15) is 4.79 Å². The standard InChI is InChI=1S/C34H50ClN3O2S.BrH/c1-4-5-6-7-8-9-10-11-12-13-14-15-21-40-33-23-30(19-20-32(33)35)26-38(34(39)36-3)31-18-16-17-29(22-31)25-37-24-28(2)41-27-37;/h16-20,22-24H,4-15,21,25-27H2,1-3H3,(H,36,39);1H. The summed E-state index contributed by atoms with van der Waals surface area (Å²) in [5.74, 6) is 1.65. The minimum absolute atomic E-state index is 0. The van der Waals surface area contributed by atoms with Crippen molar-refractivity contribution in [3.05, 3.63) is 69.7 Å². The molecule has 3 rings (SSSR count). The molecule has 0 unspecified atom stereocenters. The van der Waals surface area contributed by atoms with Crippen molar-refractivity contribution in [2.75, 3.05) is 24.4 Å².